The van der Waals surface area contributed by atoms with Crippen LogP contribution < -0.4 is 11.2 Å². The molecule has 2 saturated heterocycles. The lowest BCUT2D eigenvalue weighted by atomic mass is 9.96. The molecule has 0 saturated carbocycles. The summed E-state index contributed by atoms with van der Waals surface area (Å²) in [6.45, 7) is 18.8. The Kier molecular flexibility index (Phi) is 7.37. The molecule has 0 unspecified atom stereocenters. The zero-order valence-electron chi connectivity index (χ0n) is 21.2. The third-order valence-corrected chi connectivity index (χ3v) is 17.4. The maximum absolute atomic E-state index is 12.5. The van der Waals surface area contributed by atoms with Crippen molar-refractivity contribution in [1.29, 1.82) is 0 Å². The minimum Gasteiger partial charge on any atom is -0.414 e. The van der Waals surface area contributed by atoms with Crippen LogP contribution in [0.15, 0.2) is 21.9 Å². The maximum atomic E-state index is 12.5. The van der Waals surface area contributed by atoms with E-state index in [0.29, 0.717) is 0 Å². The van der Waals surface area contributed by atoms with Crippen molar-refractivity contribution in [3.63, 3.8) is 0 Å². The maximum Gasteiger partial charge on any atom is 0.335 e. The molecule has 1 aromatic rings. The lowest BCUT2D eigenvalue weighted by Crippen LogP contribution is -2.67. The fourth-order valence-corrected chi connectivity index (χ4v) is 16.6. The molecule has 2 aliphatic rings. The third kappa shape index (κ3) is 4.37. The van der Waals surface area contributed by atoms with E-state index in [0.717, 1.165) is 0 Å². The Balaban J connectivity index is 2.14. The predicted octanol–water partition coefficient (Wildman–Crippen LogP) is 3.14. The van der Waals surface area contributed by atoms with Crippen molar-refractivity contribution in [1.82, 2.24) is 9.55 Å². The minimum absolute atomic E-state index is 0.0925. The van der Waals surface area contributed by atoms with E-state index in [1.54, 1.807) is 6.92 Å². The fraction of sp³-hybridized carbons (Fsp3) is 0.818. The molecular formula is C22H40N2O7Si2. The van der Waals surface area contributed by atoms with Crippen molar-refractivity contribution in [2.45, 2.75) is 109 Å². The van der Waals surface area contributed by atoms with Gasteiger partial charge in [-0.1, -0.05) is 55.4 Å². The highest BCUT2D eigenvalue weighted by atomic mass is 28.5. The van der Waals surface area contributed by atoms with Crippen LogP contribution >= 0.6 is 0 Å². The van der Waals surface area contributed by atoms with E-state index >= 15 is 0 Å². The van der Waals surface area contributed by atoms with Crippen LogP contribution in [0, 0.1) is 0 Å². The van der Waals surface area contributed by atoms with Crippen LogP contribution in [0.2, 0.25) is 22.2 Å². The van der Waals surface area contributed by atoms with Crippen LogP contribution in [0.5, 0.6) is 0 Å². The largest absolute Gasteiger partial charge is 0.414 e. The van der Waals surface area contributed by atoms with Gasteiger partial charge >= 0.3 is 22.8 Å². The number of aromatic nitrogens is 2. The molecule has 0 aromatic carbocycles. The van der Waals surface area contributed by atoms with Gasteiger partial charge in [0, 0.05) is 12.3 Å². The number of ether oxygens (including phenoxy) is 1. The summed E-state index contributed by atoms with van der Waals surface area (Å²) in [6, 6.07) is 1.23. The first-order valence-electron chi connectivity index (χ1n) is 11.9. The van der Waals surface area contributed by atoms with Crippen molar-refractivity contribution < 1.29 is 22.8 Å². The Morgan fingerprint density at radius 1 is 1.03 bits per heavy atom. The summed E-state index contributed by atoms with van der Waals surface area (Å²) in [5.41, 5.74) is -2.17. The van der Waals surface area contributed by atoms with E-state index in [9.17, 15) is 14.7 Å². The minimum atomic E-state index is -2.96. The van der Waals surface area contributed by atoms with Crippen LogP contribution in [0.1, 0.15) is 68.5 Å². The molecule has 4 atom stereocenters. The van der Waals surface area contributed by atoms with Crippen molar-refractivity contribution in [3.8, 4) is 0 Å². The van der Waals surface area contributed by atoms with Gasteiger partial charge in [-0.3, -0.25) is 14.3 Å². The fourth-order valence-electron chi connectivity index (χ4n) is 5.30. The number of H-pyrrole nitrogens is 1. The topological polar surface area (TPSA) is 112 Å². The van der Waals surface area contributed by atoms with Crippen molar-refractivity contribution in [3.05, 3.63) is 33.1 Å². The van der Waals surface area contributed by atoms with Crippen LogP contribution in [-0.4, -0.2) is 56.2 Å². The summed E-state index contributed by atoms with van der Waals surface area (Å²) in [6.07, 6.45) is -1.06. The third-order valence-electron chi connectivity index (χ3n) is 7.14. The van der Waals surface area contributed by atoms with E-state index < -0.39 is 52.4 Å². The monoisotopic (exact) mass is 500 g/mol. The Morgan fingerprint density at radius 2 is 1.58 bits per heavy atom. The van der Waals surface area contributed by atoms with Gasteiger partial charge in [0.25, 0.3) is 5.56 Å². The molecule has 2 fully saturated rings. The van der Waals surface area contributed by atoms with Gasteiger partial charge in [-0.05, 0) is 29.1 Å². The lowest BCUT2D eigenvalue weighted by molar-refractivity contribution is -0.0973. The normalized spacial score (nSPS) is 31.8. The lowest BCUT2D eigenvalue weighted by Gasteiger charge is -2.52. The molecule has 33 heavy (non-hydrogen) atoms. The molecule has 1 aromatic heterocycles. The summed E-state index contributed by atoms with van der Waals surface area (Å²) in [4.78, 5) is 26.3. The summed E-state index contributed by atoms with van der Waals surface area (Å²) < 4.78 is 28.2. The highest BCUT2D eigenvalue weighted by Gasteiger charge is 2.64. The zero-order chi connectivity index (χ0) is 24.9. The molecule has 0 radical (unpaired) electrons. The number of aromatic amines is 1. The van der Waals surface area contributed by atoms with E-state index in [1.165, 1.54) is 16.8 Å². The highest BCUT2D eigenvalue weighted by Crippen LogP contribution is 2.50. The molecule has 3 rings (SSSR count). The number of nitrogens with one attached hydrogen (secondary N) is 1. The standard InChI is InChI=1S/C22H40N2O7Si2/c1-13(2)32(14(3)4)28-12-17-19(30-33(31-32,15(5)6)16(7)8)22(9,27)20(29-17)24-11-10-18(25)23-21(24)26/h10-11,13-17,19-20,27H,12H2,1-9H3,(H,23,25,26)/t17-,19+,20-,22+/m1/s1. The number of hydrogen-bond acceptors (Lipinski definition) is 7. The zero-order valence-corrected chi connectivity index (χ0v) is 23.2. The van der Waals surface area contributed by atoms with Gasteiger partial charge in [0.15, 0.2) is 6.23 Å². The summed E-state index contributed by atoms with van der Waals surface area (Å²) in [7, 11) is -5.70. The first kappa shape index (κ1) is 26.5. The molecule has 0 spiro atoms. The quantitative estimate of drug-likeness (QED) is 0.597. The molecule has 9 nitrogen and oxygen atoms in total. The first-order chi connectivity index (χ1) is 15.2. The average molecular weight is 501 g/mol. The molecule has 11 heteroatoms. The van der Waals surface area contributed by atoms with E-state index in [4.69, 9.17) is 17.7 Å². The Labute approximate surface area is 197 Å². The van der Waals surface area contributed by atoms with Crippen molar-refractivity contribution in [2.24, 2.45) is 0 Å². The molecule has 0 bridgehead atoms. The number of fused-ring (bicyclic) bond motifs is 1. The van der Waals surface area contributed by atoms with Crippen LogP contribution in [0.4, 0.5) is 0 Å². The van der Waals surface area contributed by atoms with Crippen LogP contribution in [-0.2, 0) is 17.7 Å². The van der Waals surface area contributed by atoms with Gasteiger partial charge in [0.1, 0.15) is 17.8 Å². The van der Waals surface area contributed by atoms with Crippen LogP contribution in [0.3, 0.4) is 0 Å². The Morgan fingerprint density at radius 3 is 2.06 bits per heavy atom. The Hall–Kier alpha value is -1.09. The Bertz CT molecular complexity index is 941. The second kappa shape index (κ2) is 9.17. The van der Waals surface area contributed by atoms with Gasteiger partial charge in [-0.25, -0.2) is 4.79 Å². The summed E-state index contributed by atoms with van der Waals surface area (Å²) in [5, 5.41) is 11.7. The second-order valence-electron chi connectivity index (χ2n) is 10.8. The SMILES string of the molecule is CC(C)[Si]1(C(C)C)OC[C@H]2O[C@@H](n3ccc(=O)[nH]c3=O)[C@@](C)(O)[C@H]2O[Si](C(C)C)(C(C)C)O1. The van der Waals surface area contributed by atoms with Gasteiger partial charge < -0.3 is 22.8 Å². The van der Waals surface area contributed by atoms with Gasteiger partial charge in [-0.2, -0.15) is 0 Å². The molecule has 2 aliphatic heterocycles. The molecule has 0 amide bonds. The summed E-state index contributed by atoms with van der Waals surface area (Å²) in [5.74, 6) is 0. The highest BCUT2D eigenvalue weighted by molar-refractivity contribution is 6.84. The predicted molar refractivity (Wildman–Crippen MR) is 130 cm³/mol. The average Bonchev–Trinajstić information content (AvgIpc) is 2.90. The number of rotatable bonds is 5. The molecule has 0 aliphatic carbocycles. The van der Waals surface area contributed by atoms with Crippen molar-refractivity contribution >= 4 is 17.1 Å². The summed E-state index contributed by atoms with van der Waals surface area (Å²) >= 11 is 0. The van der Waals surface area contributed by atoms with Gasteiger partial charge in [0.2, 0.25) is 0 Å². The molecular weight excluding hydrogens is 460 g/mol. The van der Waals surface area contributed by atoms with E-state index in [-0.39, 0.29) is 28.8 Å². The number of hydrogen-bond donors (Lipinski definition) is 2. The first-order valence-corrected chi connectivity index (χ1v) is 15.8. The van der Waals surface area contributed by atoms with E-state index in [1.807, 2.05) is 0 Å². The molecule has 188 valence electrons. The number of nitrogens with zero attached hydrogens (tertiary/aromatic N) is 1. The second-order valence-corrected chi connectivity index (χ2v) is 19.6. The molecule has 2 N–H and O–H groups in total. The van der Waals surface area contributed by atoms with Crippen LogP contribution in [0.25, 0.3) is 0 Å². The van der Waals surface area contributed by atoms with E-state index in [2.05, 4.69) is 60.4 Å². The molecule has 3 heterocycles. The number of aliphatic hydroxyl groups is 1. The van der Waals surface area contributed by atoms with Gasteiger partial charge in [0.05, 0.1) is 6.61 Å². The smallest absolute Gasteiger partial charge is 0.335 e. The van der Waals surface area contributed by atoms with Gasteiger partial charge in [-0.15, -0.1) is 0 Å². The van der Waals surface area contributed by atoms with Crippen molar-refractivity contribution in [2.75, 3.05) is 6.61 Å².